The lowest BCUT2D eigenvalue weighted by atomic mass is 9.99. The normalized spacial score (nSPS) is 11.0. The average Bonchev–Trinajstić information content (AvgIpc) is 2.96. The van der Waals surface area contributed by atoms with Crippen molar-refractivity contribution in [1.29, 1.82) is 0 Å². The van der Waals surface area contributed by atoms with Crippen molar-refractivity contribution in [3.05, 3.63) is 122 Å². The summed E-state index contributed by atoms with van der Waals surface area (Å²) in [6, 6.07) is 35.0. The molecule has 0 aliphatic heterocycles. The molecule has 0 aliphatic rings. The fourth-order valence-electron chi connectivity index (χ4n) is 4.84. The van der Waals surface area contributed by atoms with Crippen LogP contribution >= 0.6 is 0 Å². The summed E-state index contributed by atoms with van der Waals surface area (Å²) < 4.78 is 6.78. The second-order valence-electron chi connectivity index (χ2n) is 9.69. The minimum Gasteiger partial charge on any atom is -0.208 e. The molecule has 0 unspecified atom stereocenters. The number of pyridine rings is 3. The van der Waals surface area contributed by atoms with E-state index in [1.54, 1.807) is 0 Å². The molecular formula is C34H36N3+3. The monoisotopic (exact) mass is 486 g/mol. The van der Waals surface area contributed by atoms with Gasteiger partial charge in [-0.25, -0.2) is 9.13 Å². The van der Waals surface area contributed by atoms with Crippen molar-refractivity contribution in [3.8, 4) is 39.3 Å². The molecule has 5 rings (SSSR count). The van der Waals surface area contributed by atoms with E-state index in [0.717, 1.165) is 12.2 Å². The number of aryl methyl sites for hydroxylation is 2. The third-order valence-corrected chi connectivity index (χ3v) is 6.92. The van der Waals surface area contributed by atoms with Crippen molar-refractivity contribution in [2.45, 2.75) is 39.2 Å². The van der Waals surface area contributed by atoms with E-state index in [1.807, 2.05) is 0 Å². The van der Waals surface area contributed by atoms with Crippen molar-refractivity contribution in [3.63, 3.8) is 0 Å². The number of rotatable bonds is 9. The molecule has 3 nitrogen and oxygen atoms in total. The molecule has 0 fully saturated rings. The molecule has 37 heavy (non-hydrogen) atoms. The fourth-order valence-corrected chi connectivity index (χ4v) is 4.84. The van der Waals surface area contributed by atoms with Crippen LogP contribution < -0.4 is 13.7 Å². The largest absolute Gasteiger partial charge is 0.223 e. The highest BCUT2D eigenvalue weighted by Gasteiger charge is 2.25. The van der Waals surface area contributed by atoms with Gasteiger partial charge in [-0.05, 0) is 41.8 Å². The smallest absolute Gasteiger partial charge is 0.208 e. The Morgan fingerprint density at radius 2 is 1.11 bits per heavy atom. The van der Waals surface area contributed by atoms with E-state index in [2.05, 4.69) is 150 Å². The predicted molar refractivity (Wildman–Crippen MR) is 150 cm³/mol. The minimum absolute atomic E-state index is 1.06. The fraction of sp³-hybridized carbons (Fsp3) is 0.206. The quantitative estimate of drug-likeness (QED) is 0.163. The topological polar surface area (TPSA) is 11.6 Å². The average molecular weight is 487 g/mol. The van der Waals surface area contributed by atoms with Crippen LogP contribution in [0.15, 0.2) is 122 Å². The third kappa shape index (κ3) is 5.83. The predicted octanol–water partition coefficient (Wildman–Crippen LogP) is 6.66. The van der Waals surface area contributed by atoms with Crippen LogP contribution in [-0.2, 0) is 13.6 Å². The number of benzene rings is 2. The van der Waals surface area contributed by atoms with Crippen molar-refractivity contribution in [1.82, 2.24) is 0 Å². The molecule has 3 heterocycles. The summed E-state index contributed by atoms with van der Waals surface area (Å²) in [6.45, 7) is 3.32. The zero-order chi connectivity index (χ0) is 25.5. The van der Waals surface area contributed by atoms with Gasteiger partial charge in [0.15, 0.2) is 24.8 Å². The number of hydrogen-bond acceptors (Lipinski definition) is 0. The van der Waals surface area contributed by atoms with Crippen molar-refractivity contribution in [2.75, 3.05) is 0 Å². The first-order valence-electron chi connectivity index (χ1n) is 13.4. The summed E-state index contributed by atoms with van der Waals surface area (Å²) >= 11 is 0. The zero-order valence-electron chi connectivity index (χ0n) is 21.9. The summed E-state index contributed by atoms with van der Waals surface area (Å²) in [5.74, 6) is 0. The summed E-state index contributed by atoms with van der Waals surface area (Å²) in [4.78, 5) is 0. The van der Waals surface area contributed by atoms with E-state index >= 15 is 0 Å². The maximum Gasteiger partial charge on any atom is 0.223 e. The summed E-state index contributed by atoms with van der Waals surface area (Å²) in [5, 5.41) is 0. The molecule has 0 saturated carbocycles. The number of unbranched alkanes of at least 4 members (excludes halogenated alkanes) is 3. The van der Waals surface area contributed by atoms with Gasteiger partial charge in [0.2, 0.25) is 17.1 Å². The van der Waals surface area contributed by atoms with Crippen molar-refractivity contribution >= 4 is 0 Å². The van der Waals surface area contributed by atoms with Crippen LogP contribution in [0.4, 0.5) is 0 Å². The van der Waals surface area contributed by atoms with Crippen LogP contribution in [-0.4, -0.2) is 0 Å². The number of nitrogens with zero attached hydrogens (tertiary/aromatic N) is 3. The van der Waals surface area contributed by atoms with Crippen LogP contribution in [0, 0.1) is 0 Å². The van der Waals surface area contributed by atoms with Crippen LogP contribution in [0.3, 0.4) is 0 Å². The highest BCUT2D eigenvalue weighted by molar-refractivity contribution is 5.74. The van der Waals surface area contributed by atoms with Gasteiger partial charge in [0.05, 0.1) is 12.1 Å². The molecule has 184 valence electrons. The molecule has 5 aromatic rings. The Kier molecular flexibility index (Phi) is 7.81. The zero-order valence-corrected chi connectivity index (χ0v) is 21.9. The maximum atomic E-state index is 2.40. The van der Waals surface area contributed by atoms with Gasteiger partial charge in [0, 0.05) is 41.8 Å². The van der Waals surface area contributed by atoms with E-state index < -0.39 is 0 Å². The Balaban J connectivity index is 1.68. The molecule has 0 aliphatic carbocycles. The summed E-state index contributed by atoms with van der Waals surface area (Å²) in [7, 11) is 2.05. The first-order valence-corrected chi connectivity index (χ1v) is 13.4. The molecule has 0 N–H and O–H groups in total. The van der Waals surface area contributed by atoms with Gasteiger partial charge in [-0.2, -0.15) is 4.57 Å². The van der Waals surface area contributed by atoms with Gasteiger partial charge in [0.1, 0.15) is 13.6 Å². The van der Waals surface area contributed by atoms with Crippen LogP contribution in [0.25, 0.3) is 39.3 Å². The van der Waals surface area contributed by atoms with Gasteiger partial charge in [-0.15, -0.1) is 0 Å². The molecule has 0 bridgehead atoms. The third-order valence-electron chi connectivity index (χ3n) is 6.92. The van der Waals surface area contributed by atoms with Gasteiger partial charge in [0.25, 0.3) is 0 Å². The lowest BCUT2D eigenvalue weighted by Gasteiger charge is -2.12. The highest BCUT2D eigenvalue weighted by atomic mass is 15.0. The molecule has 2 aromatic carbocycles. The Labute approximate surface area is 221 Å². The van der Waals surface area contributed by atoms with Gasteiger partial charge in [-0.3, -0.25) is 0 Å². The van der Waals surface area contributed by atoms with E-state index in [9.17, 15) is 0 Å². The minimum atomic E-state index is 1.06. The molecule has 3 aromatic heterocycles. The van der Waals surface area contributed by atoms with Gasteiger partial charge >= 0.3 is 0 Å². The lowest BCUT2D eigenvalue weighted by Crippen LogP contribution is -2.39. The van der Waals surface area contributed by atoms with E-state index in [1.165, 1.54) is 59.3 Å². The molecular weight excluding hydrogens is 450 g/mol. The van der Waals surface area contributed by atoms with E-state index in [-0.39, 0.29) is 0 Å². The van der Waals surface area contributed by atoms with Crippen LogP contribution in [0.1, 0.15) is 32.6 Å². The molecule has 0 atom stereocenters. The van der Waals surface area contributed by atoms with Crippen LogP contribution in [0.2, 0.25) is 0 Å². The molecule has 0 saturated heterocycles. The van der Waals surface area contributed by atoms with Gasteiger partial charge in [-0.1, -0.05) is 56.2 Å². The van der Waals surface area contributed by atoms with Crippen molar-refractivity contribution < 1.29 is 13.7 Å². The van der Waals surface area contributed by atoms with Gasteiger partial charge < -0.3 is 0 Å². The Morgan fingerprint density at radius 3 is 1.65 bits per heavy atom. The van der Waals surface area contributed by atoms with E-state index in [0.29, 0.717) is 0 Å². The first kappa shape index (κ1) is 24.6. The molecule has 0 radical (unpaired) electrons. The lowest BCUT2D eigenvalue weighted by molar-refractivity contribution is -0.698. The second-order valence-corrected chi connectivity index (χ2v) is 9.69. The summed E-state index contributed by atoms with van der Waals surface area (Å²) in [5.41, 5.74) is 8.30. The first-order chi connectivity index (χ1) is 18.2. The summed E-state index contributed by atoms with van der Waals surface area (Å²) in [6.07, 6.45) is 13.7. The number of hydrogen-bond donors (Lipinski definition) is 0. The molecule has 0 spiro atoms. The van der Waals surface area contributed by atoms with Crippen LogP contribution in [0.5, 0.6) is 0 Å². The van der Waals surface area contributed by atoms with Crippen molar-refractivity contribution in [2.24, 2.45) is 7.05 Å². The van der Waals surface area contributed by atoms with E-state index in [4.69, 9.17) is 0 Å². The Hall–Kier alpha value is -4.11. The standard InChI is InChI=1S/C34H36N3/c1-3-4-5-12-21-36-24-19-32(20-25-36)37-33(29-13-8-6-9-14-29)26-31(28-17-22-35(2)23-18-28)27-34(37)30-15-10-7-11-16-30/h6-11,13-20,22-27H,3-5,12,21H2,1-2H3/q+3. The maximum absolute atomic E-state index is 2.40. The highest BCUT2D eigenvalue weighted by Crippen LogP contribution is 2.30. The molecule has 3 heteroatoms. The number of aromatic nitrogens is 3. The SMILES string of the molecule is CCCCCC[n+]1ccc(-[n+]2c(-c3ccccc3)cc(-c3cc[n+](C)cc3)cc2-c2ccccc2)cc1. The molecule has 0 amide bonds. The second kappa shape index (κ2) is 11.7. The Bertz CT molecular complexity index is 1360. The Morgan fingerprint density at radius 1 is 0.541 bits per heavy atom.